The van der Waals surface area contributed by atoms with Crippen molar-refractivity contribution in [2.24, 2.45) is 0 Å². The lowest BCUT2D eigenvalue weighted by Crippen LogP contribution is -2.48. The molecule has 2 heterocycles. The molecule has 0 atom stereocenters. The molecule has 2 amide bonds. The van der Waals surface area contributed by atoms with Crippen molar-refractivity contribution in [3.8, 4) is 11.5 Å². The maximum atomic E-state index is 12.8. The Morgan fingerprint density at radius 3 is 2.54 bits per heavy atom. The van der Waals surface area contributed by atoms with E-state index in [0.717, 1.165) is 5.69 Å². The summed E-state index contributed by atoms with van der Waals surface area (Å²) in [5.74, 6) is 0.988. The highest BCUT2D eigenvalue weighted by molar-refractivity contribution is 6.34. The van der Waals surface area contributed by atoms with Gasteiger partial charge in [0.2, 0.25) is 12.7 Å². The van der Waals surface area contributed by atoms with Crippen LogP contribution in [0.2, 0.25) is 5.02 Å². The maximum Gasteiger partial charge on any atom is 0.255 e. The second kappa shape index (κ2) is 7.59. The summed E-state index contributed by atoms with van der Waals surface area (Å²) in [6.45, 7) is 4.27. The van der Waals surface area contributed by atoms with Gasteiger partial charge in [0.1, 0.15) is 0 Å². The Balaban J connectivity index is 1.55. The molecule has 2 aromatic carbocycles. The van der Waals surface area contributed by atoms with Gasteiger partial charge in [0.15, 0.2) is 11.5 Å². The molecular weight excluding hydrogens is 382 g/mol. The first kappa shape index (κ1) is 18.4. The molecule has 1 N–H and O–H groups in total. The normalized spacial score (nSPS) is 15.5. The molecule has 0 aromatic heterocycles. The number of halogens is 1. The van der Waals surface area contributed by atoms with Gasteiger partial charge in [-0.3, -0.25) is 9.59 Å². The number of ether oxygens (including phenoxy) is 2. The van der Waals surface area contributed by atoms with Gasteiger partial charge in [-0.15, -0.1) is 0 Å². The van der Waals surface area contributed by atoms with Gasteiger partial charge in [-0.1, -0.05) is 17.7 Å². The molecule has 0 bridgehead atoms. The van der Waals surface area contributed by atoms with Crippen LogP contribution in [-0.2, 0) is 4.79 Å². The predicted molar refractivity (Wildman–Crippen MR) is 106 cm³/mol. The zero-order valence-corrected chi connectivity index (χ0v) is 16.2. The smallest absolute Gasteiger partial charge is 0.255 e. The molecule has 0 spiro atoms. The summed E-state index contributed by atoms with van der Waals surface area (Å²) >= 11 is 6.46. The molecule has 2 aliphatic rings. The summed E-state index contributed by atoms with van der Waals surface area (Å²) in [7, 11) is 0. The monoisotopic (exact) mass is 401 g/mol. The van der Waals surface area contributed by atoms with E-state index < -0.39 is 0 Å². The van der Waals surface area contributed by atoms with E-state index in [1.54, 1.807) is 42.2 Å². The first-order valence-electron chi connectivity index (χ1n) is 9.03. The number of hydrogen-bond donors (Lipinski definition) is 1. The Labute approximate surface area is 167 Å². The minimum atomic E-state index is -0.260. The zero-order valence-electron chi connectivity index (χ0n) is 15.4. The van der Waals surface area contributed by atoms with Crippen LogP contribution in [-0.4, -0.2) is 49.7 Å². The fourth-order valence-electron chi connectivity index (χ4n) is 3.41. The molecule has 2 aliphatic heterocycles. The van der Waals surface area contributed by atoms with Crippen LogP contribution >= 0.6 is 11.6 Å². The van der Waals surface area contributed by atoms with Crippen LogP contribution in [0.4, 0.5) is 11.4 Å². The summed E-state index contributed by atoms with van der Waals surface area (Å²) in [5, 5.41) is 3.50. The number of fused-ring (bicyclic) bond motifs is 1. The first-order chi connectivity index (χ1) is 13.5. The predicted octanol–water partition coefficient (Wildman–Crippen LogP) is 2.99. The van der Waals surface area contributed by atoms with Crippen LogP contribution in [0.1, 0.15) is 17.3 Å². The van der Waals surface area contributed by atoms with Crippen LogP contribution in [0.5, 0.6) is 11.5 Å². The third-order valence-corrected chi connectivity index (χ3v) is 5.22. The zero-order chi connectivity index (χ0) is 19.7. The van der Waals surface area contributed by atoms with Crippen molar-refractivity contribution in [2.45, 2.75) is 6.92 Å². The molecule has 0 unspecified atom stereocenters. The fourth-order valence-corrected chi connectivity index (χ4v) is 3.71. The van der Waals surface area contributed by atoms with Crippen molar-refractivity contribution in [1.29, 1.82) is 0 Å². The topological polar surface area (TPSA) is 71.1 Å². The van der Waals surface area contributed by atoms with Gasteiger partial charge in [0, 0.05) is 38.7 Å². The average molecular weight is 402 g/mol. The highest BCUT2D eigenvalue weighted by Gasteiger charge is 2.24. The summed E-state index contributed by atoms with van der Waals surface area (Å²) in [5.41, 5.74) is 1.87. The van der Waals surface area contributed by atoms with Gasteiger partial charge < -0.3 is 24.6 Å². The lowest BCUT2D eigenvalue weighted by Gasteiger charge is -2.37. The van der Waals surface area contributed by atoms with Crippen LogP contribution in [0.15, 0.2) is 36.4 Å². The minimum Gasteiger partial charge on any atom is -0.454 e. The summed E-state index contributed by atoms with van der Waals surface area (Å²) in [6, 6.07) is 10.5. The van der Waals surface area contributed by atoms with Gasteiger partial charge >= 0.3 is 0 Å². The number of para-hydroxylation sites is 1. The van der Waals surface area contributed by atoms with E-state index in [0.29, 0.717) is 54.0 Å². The van der Waals surface area contributed by atoms with Crippen molar-refractivity contribution in [2.75, 3.05) is 43.2 Å². The van der Waals surface area contributed by atoms with E-state index in [1.165, 1.54) is 0 Å². The number of nitrogens with zero attached hydrogens (tertiary/aromatic N) is 2. The molecule has 146 valence electrons. The standard InChI is InChI=1S/C20H20ClN3O4/c1-13(25)23-7-9-24(10-8-23)19-15(21)3-2-4-16(19)22-20(26)14-5-6-17-18(11-14)28-12-27-17/h2-6,11H,7-10,12H2,1H3,(H,22,26). The number of carbonyl (C=O) groups excluding carboxylic acids is 2. The summed E-state index contributed by atoms with van der Waals surface area (Å²) in [4.78, 5) is 28.2. The van der Waals surface area contributed by atoms with E-state index in [1.807, 2.05) is 6.07 Å². The molecule has 1 fully saturated rings. The molecule has 28 heavy (non-hydrogen) atoms. The molecule has 7 nitrogen and oxygen atoms in total. The third kappa shape index (κ3) is 3.57. The molecule has 2 aromatic rings. The van der Waals surface area contributed by atoms with Crippen LogP contribution < -0.4 is 19.7 Å². The SMILES string of the molecule is CC(=O)N1CCN(c2c(Cl)cccc2NC(=O)c2ccc3c(c2)OCO3)CC1. The van der Waals surface area contributed by atoms with Gasteiger partial charge in [-0.05, 0) is 30.3 Å². The molecule has 1 saturated heterocycles. The average Bonchev–Trinajstić information content (AvgIpc) is 3.16. The number of benzene rings is 2. The number of piperazine rings is 1. The van der Waals surface area contributed by atoms with E-state index in [9.17, 15) is 9.59 Å². The van der Waals surface area contributed by atoms with Crippen molar-refractivity contribution in [3.63, 3.8) is 0 Å². The van der Waals surface area contributed by atoms with Crippen molar-refractivity contribution in [3.05, 3.63) is 47.0 Å². The quantitative estimate of drug-likeness (QED) is 0.856. The third-order valence-electron chi connectivity index (χ3n) is 4.91. The molecule has 0 aliphatic carbocycles. The number of hydrogen-bond acceptors (Lipinski definition) is 5. The minimum absolute atomic E-state index is 0.0649. The van der Waals surface area contributed by atoms with Gasteiger partial charge in [-0.2, -0.15) is 0 Å². The van der Waals surface area contributed by atoms with Crippen molar-refractivity contribution in [1.82, 2.24) is 4.90 Å². The Kier molecular flexibility index (Phi) is 5.00. The number of anilines is 2. The van der Waals surface area contributed by atoms with Crippen LogP contribution in [0.25, 0.3) is 0 Å². The Morgan fingerprint density at radius 2 is 1.79 bits per heavy atom. The summed E-state index contributed by atoms with van der Waals surface area (Å²) in [6.07, 6.45) is 0. The Morgan fingerprint density at radius 1 is 1.04 bits per heavy atom. The number of rotatable bonds is 3. The lowest BCUT2D eigenvalue weighted by atomic mass is 10.1. The summed E-state index contributed by atoms with van der Waals surface area (Å²) < 4.78 is 10.6. The van der Waals surface area contributed by atoms with E-state index in [2.05, 4.69) is 10.2 Å². The fraction of sp³-hybridized carbons (Fsp3) is 0.300. The highest BCUT2D eigenvalue weighted by Crippen LogP contribution is 2.36. The molecule has 0 saturated carbocycles. The van der Waals surface area contributed by atoms with Gasteiger partial charge in [-0.25, -0.2) is 0 Å². The second-order valence-electron chi connectivity index (χ2n) is 6.65. The lowest BCUT2D eigenvalue weighted by molar-refractivity contribution is -0.129. The molecule has 4 rings (SSSR count). The number of amides is 2. The van der Waals surface area contributed by atoms with E-state index in [-0.39, 0.29) is 18.6 Å². The first-order valence-corrected chi connectivity index (χ1v) is 9.40. The highest BCUT2D eigenvalue weighted by atomic mass is 35.5. The van der Waals surface area contributed by atoms with Crippen molar-refractivity contribution < 1.29 is 19.1 Å². The van der Waals surface area contributed by atoms with E-state index in [4.69, 9.17) is 21.1 Å². The molecule has 0 radical (unpaired) electrons. The largest absolute Gasteiger partial charge is 0.454 e. The van der Waals surface area contributed by atoms with Gasteiger partial charge in [0.25, 0.3) is 5.91 Å². The Bertz CT molecular complexity index is 926. The molecular formula is C20H20ClN3O4. The maximum absolute atomic E-state index is 12.8. The van der Waals surface area contributed by atoms with Crippen LogP contribution in [0.3, 0.4) is 0 Å². The van der Waals surface area contributed by atoms with E-state index >= 15 is 0 Å². The number of carbonyl (C=O) groups is 2. The van der Waals surface area contributed by atoms with Crippen molar-refractivity contribution >= 4 is 34.8 Å². The molecule has 8 heteroatoms. The second-order valence-corrected chi connectivity index (χ2v) is 7.06. The Hall–Kier alpha value is -2.93. The van der Waals surface area contributed by atoms with Crippen LogP contribution in [0, 0.1) is 0 Å². The number of nitrogens with one attached hydrogen (secondary N) is 1. The van der Waals surface area contributed by atoms with Gasteiger partial charge in [0.05, 0.1) is 16.4 Å².